The van der Waals surface area contributed by atoms with Gasteiger partial charge in [-0.25, -0.2) is 0 Å². The standard InChI is InChI=1S/C12H18N2O3/c1-2-10(8-15)13-12(17)5-7-14-6-3-4-11(14)9-16/h3-4,6,9-10,15H,2,5,7-8H2,1H3,(H,13,17). The number of amides is 1. The second kappa shape index (κ2) is 6.85. The number of rotatable bonds is 7. The number of aldehydes is 1. The summed E-state index contributed by atoms with van der Waals surface area (Å²) >= 11 is 0. The lowest BCUT2D eigenvalue weighted by atomic mass is 10.2. The highest BCUT2D eigenvalue weighted by molar-refractivity contribution is 5.76. The second-order valence-corrected chi connectivity index (χ2v) is 3.85. The van der Waals surface area contributed by atoms with Crippen LogP contribution in [0, 0.1) is 0 Å². The van der Waals surface area contributed by atoms with E-state index in [1.165, 1.54) is 0 Å². The van der Waals surface area contributed by atoms with Gasteiger partial charge in [-0.05, 0) is 18.6 Å². The van der Waals surface area contributed by atoms with Gasteiger partial charge in [0, 0.05) is 19.2 Å². The van der Waals surface area contributed by atoms with Crippen molar-refractivity contribution in [3.8, 4) is 0 Å². The average Bonchev–Trinajstić information content (AvgIpc) is 2.80. The number of carbonyl (C=O) groups excluding carboxylic acids is 2. The van der Waals surface area contributed by atoms with Gasteiger partial charge in [-0.15, -0.1) is 0 Å². The van der Waals surface area contributed by atoms with Gasteiger partial charge in [0.25, 0.3) is 0 Å². The molecule has 17 heavy (non-hydrogen) atoms. The van der Waals surface area contributed by atoms with Crippen molar-refractivity contribution in [2.75, 3.05) is 6.61 Å². The highest BCUT2D eigenvalue weighted by atomic mass is 16.3. The molecule has 1 unspecified atom stereocenters. The highest BCUT2D eigenvalue weighted by Crippen LogP contribution is 2.01. The molecule has 1 amide bonds. The number of nitrogens with zero attached hydrogens (tertiary/aromatic N) is 1. The van der Waals surface area contributed by atoms with Gasteiger partial charge in [0.2, 0.25) is 5.91 Å². The van der Waals surface area contributed by atoms with E-state index in [-0.39, 0.29) is 18.6 Å². The van der Waals surface area contributed by atoms with Crippen LogP contribution in [0.25, 0.3) is 0 Å². The molecule has 0 bridgehead atoms. The molecular weight excluding hydrogens is 220 g/mol. The highest BCUT2D eigenvalue weighted by Gasteiger charge is 2.09. The summed E-state index contributed by atoms with van der Waals surface area (Å²) in [4.78, 5) is 22.2. The van der Waals surface area contributed by atoms with Gasteiger partial charge in [-0.2, -0.15) is 0 Å². The monoisotopic (exact) mass is 238 g/mol. The van der Waals surface area contributed by atoms with Crippen LogP contribution in [0.4, 0.5) is 0 Å². The average molecular weight is 238 g/mol. The number of aromatic nitrogens is 1. The molecule has 0 saturated heterocycles. The number of aliphatic hydroxyl groups is 1. The fraction of sp³-hybridized carbons (Fsp3) is 0.500. The van der Waals surface area contributed by atoms with Crippen molar-refractivity contribution in [2.45, 2.75) is 32.4 Å². The van der Waals surface area contributed by atoms with Gasteiger partial charge in [-0.1, -0.05) is 6.92 Å². The summed E-state index contributed by atoms with van der Waals surface area (Å²) in [6.07, 6.45) is 3.53. The van der Waals surface area contributed by atoms with Crippen molar-refractivity contribution in [1.82, 2.24) is 9.88 Å². The molecule has 1 atom stereocenters. The molecule has 0 aliphatic rings. The Labute approximate surface area is 100 Å². The molecule has 5 heteroatoms. The zero-order chi connectivity index (χ0) is 12.7. The minimum absolute atomic E-state index is 0.0503. The molecule has 0 saturated carbocycles. The van der Waals surface area contributed by atoms with Crippen molar-refractivity contribution in [1.29, 1.82) is 0 Å². The van der Waals surface area contributed by atoms with Gasteiger partial charge in [0.15, 0.2) is 6.29 Å². The summed E-state index contributed by atoms with van der Waals surface area (Å²) in [5, 5.41) is 11.7. The van der Waals surface area contributed by atoms with E-state index >= 15 is 0 Å². The lowest BCUT2D eigenvalue weighted by Gasteiger charge is -2.14. The van der Waals surface area contributed by atoms with Crippen molar-refractivity contribution >= 4 is 12.2 Å². The summed E-state index contributed by atoms with van der Waals surface area (Å²) in [7, 11) is 0. The second-order valence-electron chi connectivity index (χ2n) is 3.85. The molecule has 1 aromatic rings. The summed E-state index contributed by atoms with van der Waals surface area (Å²) < 4.78 is 1.73. The van der Waals surface area contributed by atoms with Crippen LogP contribution >= 0.6 is 0 Å². The molecule has 0 radical (unpaired) electrons. The molecule has 1 heterocycles. The lowest BCUT2D eigenvalue weighted by molar-refractivity contribution is -0.122. The zero-order valence-electron chi connectivity index (χ0n) is 9.93. The van der Waals surface area contributed by atoms with E-state index in [4.69, 9.17) is 5.11 Å². The van der Waals surface area contributed by atoms with Crippen LogP contribution in [0.2, 0.25) is 0 Å². The molecule has 94 valence electrons. The Morgan fingerprint density at radius 3 is 3.00 bits per heavy atom. The molecule has 0 aromatic carbocycles. The molecule has 0 aliphatic carbocycles. The van der Waals surface area contributed by atoms with Gasteiger partial charge in [-0.3, -0.25) is 9.59 Å². The van der Waals surface area contributed by atoms with Gasteiger partial charge in [0.1, 0.15) is 0 Å². The number of hydrogen-bond acceptors (Lipinski definition) is 3. The summed E-state index contributed by atoms with van der Waals surface area (Å²) in [6.45, 7) is 2.32. The largest absolute Gasteiger partial charge is 0.394 e. The van der Waals surface area contributed by atoms with E-state index in [1.54, 1.807) is 22.9 Å². The summed E-state index contributed by atoms with van der Waals surface area (Å²) in [6, 6.07) is 3.29. The van der Waals surface area contributed by atoms with Crippen LogP contribution in [-0.2, 0) is 11.3 Å². The maximum atomic E-state index is 11.5. The van der Waals surface area contributed by atoms with E-state index in [0.717, 1.165) is 6.29 Å². The first-order valence-corrected chi connectivity index (χ1v) is 5.71. The lowest BCUT2D eigenvalue weighted by Crippen LogP contribution is -2.37. The molecule has 2 N–H and O–H groups in total. The predicted octanol–water partition coefficient (Wildman–Crippen LogP) is 0.578. The molecule has 1 aromatic heterocycles. The Kier molecular flexibility index (Phi) is 5.42. The fourth-order valence-corrected chi connectivity index (χ4v) is 1.54. The van der Waals surface area contributed by atoms with Crippen LogP contribution in [0.1, 0.15) is 30.3 Å². The third-order valence-electron chi connectivity index (χ3n) is 2.64. The van der Waals surface area contributed by atoms with Crippen LogP contribution in [0.3, 0.4) is 0 Å². The molecule has 0 fully saturated rings. The van der Waals surface area contributed by atoms with E-state index in [2.05, 4.69) is 5.32 Å². The first kappa shape index (κ1) is 13.4. The van der Waals surface area contributed by atoms with E-state index in [1.807, 2.05) is 6.92 Å². The Morgan fingerprint density at radius 1 is 1.65 bits per heavy atom. The van der Waals surface area contributed by atoms with Gasteiger partial charge < -0.3 is 15.0 Å². The third-order valence-corrected chi connectivity index (χ3v) is 2.64. The maximum Gasteiger partial charge on any atom is 0.222 e. The minimum atomic E-state index is -0.183. The van der Waals surface area contributed by atoms with Crippen molar-refractivity contribution in [2.24, 2.45) is 0 Å². The number of aryl methyl sites for hydroxylation is 1. The van der Waals surface area contributed by atoms with Crippen LogP contribution < -0.4 is 5.32 Å². The number of aliphatic hydroxyl groups excluding tert-OH is 1. The van der Waals surface area contributed by atoms with Crippen molar-refractivity contribution < 1.29 is 14.7 Å². The molecule has 0 aliphatic heterocycles. The molecular formula is C12H18N2O3. The SMILES string of the molecule is CCC(CO)NC(=O)CCn1cccc1C=O. The van der Waals surface area contributed by atoms with Crippen LogP contribution in [0.15, 0.2) is 18.3 Å². The number of carbonyl (C=O) groups is 2. The van der Waals surface area contributed by atoms with E-state index in [0.29, 0.717) is 25.1 Å². The molecule has 0 spiro atoms. The van der Waals surface area contributed by atoms with Gasteiger partial charge >= 0.3 is 0 Å². The quantitative estimate of drug-likeness (QED) is 0.682. The predicted molar refractivity (Wildman–Crippen MR) is 63.7 cm³/mol. The van der Waals surface area contributed by atoms with Crippen molar-refractivity contribution in [3.63, 3.8) is 0 Å². The van der Waals surface area contributed by atoms with Crippen LogP contribution in [-0.4, -0.2) is 34.5 Å². The Morgan fingerprint density at radius 2 is 2.41 bits per heavy atom. The Balaban J connectivity index is 2.40. The van der Waals surface area contributed by atoms with Crippen LogP contribution in [0.5, 0.6) is 0 Å². The van der Waals surface area contributed by atoms with E-state index in [9.17, 15) is 9.59 Å². The number of hydrogen-bond donors (Lipinski definition) is 2. The van der Waals surface area contributed by atoms with Gasteiger partial charge in [0.05, 0.1) is 18.3 Å². The van der Waals surface area contributed by atoms with Crippen molar-refractivity contribution in [3.05, 3.63) is 24.0 Å². The zero-order valence-corrected chi connectivity index (χ0v) is 9.93. The maximum absolute atomic E-state index is 11.5. The topological polar surface area (TPSA) is 71.3 Å². The summed E-state index contributed by atoms with van der Waals surface area (Å²) in [5.74, 6) is -0.114. The molecule has 5 nitrogen and oxygen atoms in total. The molecule has 1 rings (SSSR count). The normalized spacial score (nSPS) is 12.1. The fourth-order valence-electron chi connectivity index (χ4n) is 1.54. The number of nitrogens with one attached hydrogen (secondary N) is 1. The Hall–Kier alpha value is -1.62. The summed E-state index contributed by atoms with van der Waals surface area (Å²) in [5.41, 5.74) is 0.562. The third kappa shape index (κ3) is 4.03. The first-order valence-electron chi connectivity index (χ1n) is 5.71. The minimum Gasteiger partial charge on any atom is -0.394 e. The smallest absolute Gasteiger partial charge is 0.222 e. The first-order chi connectivity index (χ1) is 8.21. The van der Waals surface area contributed by atoms with E-state index < -0.39 is 0 Å². The Bertz CT molecular complexity index is 370.